The van der Waals surface area contributed by atoms with Crippen molar-refractivity contribution in [3.05, 3.63) is 0 Å². The van der Waals surface area contributed by atoms with Gasteiger partial charge in [0.25, 0.3) is 0 Å². The molecule has 0 aromatic carbocycles. The number of hydrogen-bond donors (Lipinski definition) is 1. The Bertz CT molecular complexity index is 169. The third-order valence-corrected chi connectivity index (χ3v) is 3.70. The highest BCUT2D eigenvalue weighted by Gasteiger charge is 2.44. The standard InChI is InChI=1S/C10H18O2/c1-6-3-4-8-7(2)5-12-10(11)9(6)8/h6-11H,3-5H2,1-2H3/t6-,7-,8+,9+,10-/m1/s1. The topological polar surface area (TPSA) is 29.5 Å². The van der Waals surface area contributed by atoms with Crippen molar-refractivity contribution in [1.29, 1.82) is 0 Å². The summed E-state index contributed by atoms with van der Waals surface area (Å²) in [7, 11) is 0. The summed E-state index contributed by atoms with van der Waals surface area (Å²) < 4.78 is 5.33. The fraction of sp³-hybridized carbons (Fsp3) is 1.00. The molecule has 1 aliphatic carbocycles. The van der Waals surface area contributed by atoms with E-state index in [0.29, 0.717) is 23.7 Å². The van der Waals surface area contributed by atoms with Crippen LogP contribution < -0.4 is 0 Å². The van der Waals surface area contributed by atoms with Crippen LogP contribution in [0.5, 0.6) is 0 Å². The van der Waals surface area contributed by atoms with Crippen molar-refractivity contribution < 1.29 is 9.84 Å². The van der Waals surface area contributed by atoms with Crippen LogP contribution in [0, 0.1) is 23.7 Å². The second kappa shape index (κ2) is 3.00. The van der Waals surface area contributed by atoms with Gasteiger partial charge in [0.2, 0.25) is 0 Å². The second-order valence-corrected chi connectivity index (χ2v) is 4.50. The molecule has 2 fully saturated rings. The van der Waals surface area contributed by atoms with Gasteiger partial charge in [-0.2, -0.15) is 0 Å². The normalized spacial score (nSPS) is 53.8. The third kappa shape index (κ3) is 1.17. The average molecular weight is 170 g/mol. The number of hydrogen-bond acceptors (Lipinski definition) is 2. The summed E-state index contributed by atoms with van der Waals surface area (Å²) in [5.74, 6) is 2.41. The van der Waals surface area contributed by atoms with E-state index >= 15 is 0 Å². The van der Waals surface area contributed by atoms with Crippen LogP contribution in [0.15, 0.2) is 0 Å². The van der Waals surface area contributed by atoms with Crippen LogP contribution in [0.4, 0.5) is 0 Å². The number of ether oxygens (including phenoxy) is 1. The molecule has 12 heavy (non-hydrogen) atoms. The highest BCUT2D eigenvalue weighted by atomic mass is 16.6. The van der Waals surface area contributed by atoms with E-state index in [0.717, 1.165) is 6.61 Å². The van der Waals surface area contributed by atoms with Crippen molar-refractivity contribution in [1.82, 2.24) is 0 Å². The predicted molar refractivity (Wildman–Crippen MR) is 46.5 cm³/mol. The maximum Gasteiger partial charge on any atom is 0.157 e. The van der Waals surface area contributed by atoms with Crippen LogP contribution in [-0.2, 0) is 4.74 Å². The molecule has 2 rings (SSSR count). The zero-order valence-corrected chi connectivity index (χ0v) is 7.86. The lowest BCUT2D eigenvalue weighted by Crippen LogP contribution is -2.40. The van der Waals surface area contributed by atoms with Crippen LogP contribution in [0.3, 0.4) is 0 Å². The zero-order valence-electron chi connectivity index (χ0n) is 7.86. The highest BCUT2D eigenvalue weighted by Crippen LogP contribution is 2.45. The van der Waals surface area contributed by atoms with Crippen molar-refractivity contribution in [2.24, 2.45) is 23.7 Å². The average Bonchev–Trinajstić information content (AvgIpc) is 2.42. The van der Waals surface area contributed by atoms with Crippen molar-refractivity contribution in [2.45, 2.75) is 33.0 Å². The van der Waals surface area contributed by atoms with E-state index in [9.17, 15) is 5.11 Å². The van der Waals surface area contributed by atoms with Crippen LogP contribution in [-0.4, -0.2) is 18.0 Å². The molecule has 0 spiro atoms. The van der Waals surface area contributed by atoms with Gasteiger partial charge in [0, 0.05) is 5.92 Å². The van der Waals surface area contributed by atoms with Crippen molar-refractivity contribution in [3.63, 3.8) is 0 Å². The third-order valence-electron chi connectivity index (χ3n) is 3.70. The molecule has 1 aliphatic heterocycles. The van der Waals surface area contributed by atoms with E-state index < -0.39 is 6.29 Å². The lowest BCUT2D eigenvalue weighted by molar-refractivity contribution is -0.195. The Morgan fingerprint density at radius 2 is 1.92 bits per heavy atom. The Kier molecular flexibility index (Phi) is 2.13. The molecule has 1 heterocycles. The van der Waals surface area contributed by atoms with Crippen molar-refractivity contribution in [2.75, 3.05) is 6.61 Å². The van der Waals surface area contributed by atoms with E-state index in [2.05, 4.69) is 13.8 Å². The molecule has 0 unspecified atom stereocenters. The van der Waals surface area contributed by atoms with Crippen molar-refractivity contribution in [3.8, 4) is 0 Å². The lowest BCUT2D eigenvalue weighted by Gasteiger charge is -2.37. The van der Waals surface area contributed by atoms with E-state index in [4.69, 9.17) is 4.74 Å². The van der Waals surface area contributed by atoms with Gasteiger partial charge in [-0.25, -0.2) is 0 Å². The Balaban J connectivity index is 2.13. The van der Waals surface area contributed by atoms with Crippen LogP contribution in [0.1, 0.15) is 26.7 Å². The van der Waals surface area contributed by atoms with E-state index in [1.165, 1.54) is 12.8 Å². The molecule has 2 aliphatic rings. The molecule has 2 nitrogen and oxygen atoms in total. The smallest absolute Gasteiger partial charge is 0.157 e. The van der Waals surface area contributed by atoms with Gasteiger partial charge >= 0.3 is 0 Å². The first-order valence-corrected chi connectivity index (χ1v) is 5.00. The van der Waals surface area contributed by atoms with Crippen LogP contribution >= 0.6 is 0 Å². The summed E-state index contributed by atoms with van der Waals surface area (Å²) in [4.78, 5) is 0. The monoisotopic (exact) mass is 170 g/mol. The summed E-state index contributed by atoms with van der Waals surface area (Å²) in [5.41, 5.74) is 0. The van der Waals surface area contributed by atoms with E-state index in [-0.39, 0.29) is 0 Å². The fourth-order valence-electron chi connectivity index (χ4n) is 2.90. The van der Waals surface area contributed by atoms with Gasteiger partial charge < -0.3 is 9.84 Å². The van der Waals surface area contributed by atoms with Gasteiger partial charge in [0.1, 0.15) is 0 Å². The van der Waals surface area contributed by atoms with E-state index in [1.54, 1.807) is 0 Å². The molecule has 1 N–H and O–H groups in total. The first-order valence-electron chi connectivity index (χ1n) is 5.00. The van der Waals surface area contributed by atoms with Gasteiger partial charge in [-0.15, -0.1) is 0 Å². The summed E-state index contributed by atoms with van der Waals surface area (Å²) >= 11 is 0. The Labute approximate surface area is 73.9 Å². The minimum atomic E-state index is -0.483. The quantitative estimate of drug-likeness (QED) is 0.598. The molecule has 1 saturated carbocycles. The maximum absolute atomic E-state index is 9.65. The summed E-state index contributed by atoms with van der Waals surface area (Å²) in [6, 6.07) is 0. The van der Waals surface area contributed by atoms with Gasteiger partial charge in [0.05, 0.1) is 6.61 Å². The zero-order chi connectivity index (χ0) is 8.72. The molecule has 70 valence electrons. The van der Waals surface area contributed by atoms with Crippen molar-refractivity contribution >= 4 is 0 Å². The Hall–Kier alpha value is -0.0800. The number of fused-ring (bicyclic) bond motifs is 1. The SMILES string of the molecule is C[C@@H]1CO[C@@H](O)[C@@H]2[C@H]1CC[C@H]2C. The molecule has 5 atom stereocenters. The lowest BCUT2D eigenvalue weighted by atomic mass is 9.80. The summed E-state index contributed by atoms with van der Waals surface area (Å²) in [6.45, 7) is 5.21. The number of rotatable bonds is 0. The fourth-order valence-corrected chi connectivity index (χ4v) is 2.90. The Morgan fingerprint density at radius 3 is 2.58 bits per heavy atom. The first-order chi connectivity index (χ1) is 5.70. The molecule has 0 amide bonds. The van der Waals surface area contributed by atoms with Crippen LogP contribution in [0.2, 0.25) is 0 Å². The minimum absolute atomic E-state index is 0.411. The first kappa shape index (κ1) is 8.52. The van der Waals surface area contributed by atoms with Gasteiger partial charge in [-0.05, 0) is 30.6 Å². The van der Waals surface area contributed by atoms with Gasteiger partial charge in [0.15, 0.2) is 6.29 Å². The van der Waals surface area contributed by atoms with E-state index in [1.807, 2.05) is 0 Å². The van der Waals surface area contributed by atoms with Gasteiger partial charge in [-0.1, -0.05) is 13.8 Å². The summed E-state index contributed by atoms with van der Waals surface area (Å²) in [6.07, 6.45) is 2.07. The molecule has 0 bridgehead atoms. The molecule has 0 aromatic heterocycles. The molecule has 2 heteroatoms. The minimum Gasteiger partial charge on any atom is -0.368 e. The molecular weight excluding hydrogens is 152 g/mol. The Morgan fingerprint density at radius 1 is 1.17 bits per heavy atom. The largest absolute Gasteiger partial charge is 0.368 e. The van der Waals surface area contributed by atoms with Crippen LogP contribution in [0.25, 0.3) is 0 Å². The summed E-state index contributed by atoms with van der Waals surface area (Å²) in [5, 5.41) is 9.65. The number of aliphatic hydroxyl groups excluding tert-OH is 1. The number of aliphatic hydroxyl groups is 1. The second-order valence-electron chi connectivity index (χ2n) is 4.50. The molecule has 0 aromatic rings. The predicted octanol–water partition coefficient (Wildman–Crippen LogP) is 1.63. The molecular formula is C10H18O2. The molecule has 1 saturated heterocycles. The maximum atomic E-state index is 9.65. The highest BCUT2D eigenvalue weighted by molar-refractivity contribution is 4.89. The molecule has 0 radical (unpaired) electrons. The van der Waals surface area contributed by atoms with Gasteiger partial charge in [-0.3, -0.25) is 0 Å².